The summed E-state index contributed by atoms with van der Waals surface area (Å²) in [5, 5.41) is 33.5. The van der Waals surface area contributed by atoms with Gasteiger partial charge in [0.2, 0.25) is 5.91 Å². The van der Waals surface area contributed by atoms with E-state index >= 15 is 0 Å². The summed E-state index contributed by atoms with van der Waals surface area (Å²) in [5.74, 6) is -1.59. The molecule has 1 aromatic rings. The molecule has 0 bridgehead atoms. The Labute approximate surface area is 199 Å². The number of benzene rings is 1. The van der Waals surface area contributed by atoms with Gasteiger partial charge in [0.25, 0.3) is 0 Å². The zero-order chi connectivity index (χ0) is 24.9. The fourth-order valence-electron chi connectivity index (χ4n) is 5.54. The lowest BCUT2D eigenvalue weighted by Gasteiger charge is -2.31. The molecule has 2 aliphatic rings. The summed E-state index contributed by atoms with van der Waals surface area (Å²) in [4.78, 5) is 36.6. The third-order valence-electron chi connectivity index (χ3n) is 7.19. The van der Waals surface area contributed by atoms with Crippen LogP contribution in [0.2, 0.25) is 6.32 Å². The number of carbonyl (C=O) groups excluding carboxylic acids is 2. The van der Waals surface area contributed by atoms with Gasteiger partial charge in [-0.3, -0.25) is 9.59 Å². The smallest absolute Gasteiger partial charge is 0.451 e. The Kier molecular flexibility index (Phi) is 8.56. The molecular weight excluding hydrogens is 441 g/mol. The molecule has 0 spiro atoms. The number of hydrogen-bond acceptors (Lipinski definition) is 7. The molecule has 1 aromatic carbocycles. The van der Waals surface area contributed by atoms with E-state index < -0.39 is 30.8 Å². The highest BCUT2D eigenvalue weighted by Gasteiger charge is 2.58. The number of carbonyl (C=O) groups is 3. The topological polar surface area (TPSA) is 171 Å². The lowest BCUT2D eigenvalue weighted by atomic mass is 9.75. The van der Waals surface area contributed by atoms with Gasteiger partial charge in [-0.05, 0) is 62.2 Å². The van der Waals surface area contributed by atoms with Crippen molar-refractivity contribution in [3.8, 4) is 0 Å². The first-order valence-electron chi connectivity index (χ1n) is 11.8. The first-order chi connectivity index (χ1) is 16.1. The lowest BCUT2D eigenvalue weighted by molar-refractivity contribution is -0.145. The summed E-state index contributed by atoms with van der Waals surface area (Å²) < 4.78 is 5.16. The Morgan fingerprint density at radius 3 is 2.59 bits per heavy atom. The molecule has 0 radical (unpaired) electrons. The maximum atomic E-state index is 12.6. The van der Waals surface area contributed by atoms with Gasteiger partial charge in [-0.15, -0.1) is 0 Å². The molecule has 2 amide bonds. The molecule has 2 aliphatic carbocycles. The number of nitrogens with one attached hydrogen (secondary N) is 2. The zero-order valence-corrected chi connectivity index (χ0v) is 19.4. The molecule has 0 saturated heterocycles. The van der Waals surface area contributed by atoms with Crippen LogP contribution >= 0.6 is 0 Å². The normalized spacial score (nSPS) is 28.6. The third kappa shape index (κ3) is 6.28. The summed E-state index contributed by atoms with van der Waals surface area (Å²) in [6.07, 6.45) is 1.95. The first-order valence-corrected chi connectivity index (χ1v) is 11.8. The molecule has 3 rings (SSSR count). The SMILES string of the molecule is C[C@H](NC(=O)OCc1ccccc1)C(=O)N[C@H]1C[C@@H]2C[C@@](N)(C(=O)O)[C@@H](CCCB(O)O)[C@@H]2C1. The first kappa shape index (κ1) is 26.0. The molecule has 10 nitrogen and oxygen atoms in total. The number of hydrogen-bond donors (Lipinski definition) is 6. The van der Waals surface area contributed by atoms with Gasteiger partial charge in [0, 0.05) is 6.04 Å². The van der Waals surface area contributed by atoms with Crippen molar-refractivity contribution in [3.05, 3.63) is 35.9 Å². The highest BCUT2D eigenvalue weighted by molar-refractivity contribution is 6.40. The minimum Gasteiger partial charge on any atom is -0.480 e. The second-order valence-corrected chi connectivity index (χ2v) is 9.60. The van der Waals surface area contributed by atoms with E-state index in [-0.39, 0.29) is 42.6 Å². The minimum absolute atomic E-state index is 0.0290. The second-order valence-electron chi connectivity index (χ2n) is 9.60. The minimum atomic E-state index is -1.43. The largest absolute Gasteiger partial charge is 0.480 e. The number of fused-ring (bicyclic) bond motifs is 1. The van der Waals surface area contributed by atoms with Gasteiger partial charge in [0.05, 0.1) is 0 Å². The Balaban J connectivity index is 1.49. The van der Waals surface area contributed by atoms with E-state index in [1.165, 1.54) is 0 Å². The molecule has 2 saturated carbocycles. The van der Waals surface area contributed by atoms with Crippen molar-refractivity contribution in [1.82, 2.24) is 10.6 Å². The van der Waals surface area contributed by atoms with Gasteiger partial charge in [-0.25, -0.2) is 4.79 Å². The van der Waals surface area contributed by atoms with E-state index in [0.29, 0.717) is 32.1 Å². The predicted octanol–water partition coefficient (Wildman–Crippen LogP) is 0.867. The number of rotatable bonds is 10. The second kappa shape index (κ2) is 11.2. The number of ether oxygens (including phenoxy) is 1. The predicted molar refractivity (Wildman–Crippen MR) is 124 cm³/mol. The molecule has 11 heteroatoms. The van der Waals surface area contributed by atoms with Crippen LogP contribution in [0.15, 0.2) is 30.3 Å². The highest BCUT2D eigenvalue weighted by atomic mass is 16.5. The van der Waals surface area contributed by atoms with E-state index in [1.807, 2.05) is 30.3 Å². The van der Waals surface area contributed by atoms with Crippen LogP contribution in [0.1, 0.15) is 44.6 Å². The van der Waals surface area contributed by atoms with E-state index in [1.54, 1.807) is 6.92 Å². The van der Waals surface area contributed by atoms with Gasteiger partial charge in [-0.1, -0.05) is 36.8 Å². The Morgan fingerprint density at radius 1 is 1.24 bits per heavy atom. The molecule has 6 atom stereocenters. The van der Waals surface area contributed by atoms with Crippen LogP contribution < -0.4 is 16.4 Å². The quantitative estimate of drug-likeness (QED) is 0.271. The fourth-order valence-corrected chi connectivity index (χ4v) is 5.54. The Morgan fingerprint density at radius 2 is 1.94 bits per heavy atom. The molecule has 186 valence electrons. The lowest BCUT2D eigenvalue weighted by Crippen LogP contribution is -2.53. The molecule has 7 N–H and O–H groups in total. The van der Waals surface area contributed by atoms with Crippen LogP contribution in [-0.2, 0) is 20.9 Å². The van der Waals surface area contributed by atoms with Crippen molar-refractivity contribution in [2.24, 2.45) is 23.5 Å². The van der Waals surface area contributed by atoms with E-state index in [0.717, 1.165) is 5.56 Å². The number of carboxylic acids is 1. The van der Waals surface area contributed by atoms with Crippen LogP contribution in [0.3, 0.4) is 0 Å². The number of nitrogens with two attached hydrogens (primary N) is 1. The Hall–Kier alpha value is -2.63. The van der Waals surface area contributed by atoms with Crippen molar-refractivity contribution in [1.29, 1.82) is 0 Å². The van der Waals surface area contributed by atoms with Crippen molar-refractivity contribution in [3.63, 3.8) is 0 Å². The number of carboxylic acid groups (broad SMARTS) is 1. The molecule has 0 aromatic heterocycles. The van der Waals surface area contributed by atoms with Gasteiger partial charge >= 0.3 is 19.2 Å². The van der Waals surface area contributed by atoms with Crippen LogP contribution in [0.4, 0.5) is 4.79 Å². The summed E-state index contributed by atoms with van der Waals surface area (Å²) in [6.45, 7) is 1.68. The maximum Gasteiger partial charge on any atom is 0.451 e. The molecule has 0 heterocycles. The van der Waals surface area contributed by atoms with E-state index in [9.17, 15) is 19.5 Å². The van der Waals surface area contributed by atoms with Crippen molar-refractivity contribution in [2.45, 2.75) is 69.6 Å². The molecule has 0 unspecified atom stereocenters. The number of alkyl carbamates (subject to hydrolysis) is 1. The Bertz CT molecular complexity index is 871. The summed E-state index contributed by atoms with van der Waals surface area (Å²) in [6, 6.07) is 8.28. The molecule has 0 aliphatic heterocycles. The monoisotopic (exact) mass is 475 g/mol. The summed E-state index contributed by atoms with van der Waals surface area (Å²) in [7, 11) is -1.43. The zero-order valence-electron chi connectivity index (χ0n) is 19.4. The van der Waals surface area contributed by atoms with Crippen molar-refractivity contribution >= 4 is 25.1 Å². The molecule has 2 fully saturated rings. The average molecular weight is 475 g/mol. The van der Waals surface area contributed by atoms with Crippen LogP contribution in [0.25, 0.3) is 0 Å². The van der Waals surface area contributed by atoms with Crippen molar-refractivity contribution in [2.75, 3.05) is 0 Å². The number of amides is 2. The van der Waals surface area contributed by atoms with E-state index in [4.69, 9.17) is 20.5 Å². The third-order valence-corrected chi connectivity index (χ3v) is 7.19. The highest BCUT2D eigenvalue weighted by Crippen LogP contribution is 2.53. The number of aliphatic carboxylic acids is 1. The fraction of sp³-hybridized carbons (Fsp3) is 0.609. The van der Waals surface area contributed by atoms with Gasteiger partial charge in [-0.2, -0.15) is 0 Å². The van der Waals surface area contributed by atoms with Gasteiger partial charge in [0.1, 0.15) is 18.2 Å². The van der Waals surface area contributed by atoms with Crippen molar-refractivity contribution < 1.29 is 34.3 Å². The van der Waals surface area contributed by atoms with Crippen LogP contribution in [0, 0.1) is 17.8 Å². The maximum absolute atomic E-state index is 12.6. The molecule has 34 heavy (non-hydrogen) atoms. The van der Waals surface area contributed by atoms with Crippen LogP contribution in [-0.4, -0.2) is 57.9 Å². The average Bonchev–Trinajstić information content (AvgIpc) is 3.28. The van der Waals surface area contributed by atoms with Gasteiger partial charge in [0.15, 0.2) is 0 Å². The summed E-state index contributed by atoms with van der Waals surface area (Å²) in [5.41, 5.74) is 5.80. The standard InChI is InChI=1S/C23H34BN3O7/c1-14(26-22(31)34-13-15-6-3-2-4-7-15)20(28)27-17-10-16-12-23(25,21(29)30)19(18(16)11-17)8-5-9-24(32)33/h2-4,6-7,14,16-19,32-33H,5,8-13,25H2,1H3,(H,26,31)(H,27,28)(H,29,30)/t14-,16+,17-,18+,19-,23-/m0/s1. The van der Waals surface area contributed by atoms with Gasteiger partial charge < -0.3 is 36.3 Å². The summed E-state index contributed by atoms with van der Waals surface area (Å²) >= 11 is 0. The molecular formula is C23H34BN3O7. The van der Waals surface area contributed by atoms with E-state index in [2.05, 4.69) is 10.6 Å². The van der Waals surface area contributed by atoms with Crippen LogP contribution in [0.5, 0.6) is 0 Å².